The molecule has 0 unspecified atom stereocenters. The van der Waals surface area contributed by atoms with E-state index in [1.54, 1.807) is 0 Å². The van der Waals surface area contributed by atoms with E-state index in [-0.39, 0.29) is 12.0 Å². The normalized spacial score (nSPS) is 18.3. The first kappa shape index (κ1) is 17.6. The number of amides is 1. The molecule has 2 aromatic rings. The molecule has 6 heteroatoms. The smallest absolute Gasteiger partial charge is 0.224 e. The van der Waals surface area contributed by atoms with Crippen LogP contribution in [0.2, 0.25) is 0 Å². The highest BCUT2D eigenvalue weighted by Gasteiger charge is 2.20. The minimum atomic E-state index is 0.00985. The van der Waals surface area contributed by atoms with Gasteiger partial charge in [0.1, 0.15) is 0 Å². The second-order valence-electron chi connectivity index (χ2n) is 6.63. The lowest BCUT2D eigenvalue weighted by molar-refractivity contribution is -0.121. The van der Waals surface area contributed by atoms with Gasteiger partial charge in [-0.3, -0.25) is 4.79 Å². The molecule has 1 aliphatic heterocycles. The second-order valence-corrected chi connectivity index (χ2v) is 6.63. The van der Waals surface area contributed by atoms with E-state index in [2.05, 4.69) is 22.4 Å². The minimum Gasteiger partial charge on any atom is -0.374 e. The minimum absolute atomic E-state index is 0.00985. The lowest BCUT2D eigenvalue weighted by Crippen LogP contribution is -2.46. The zero-order valence-corrected chi connectivity index (χ0v) is 15.2. The number of nitrogens with zero attached hydrogens (tertiary/aromatic N) is 3. The predicted molar refractivity (Wildman–Crippen MR) is 97.0 cm³/mol. The summed E-state index contributed by atoms with van der Waals surface area (Å²) in [6.07, 6.45) is 0.407. The number of hydrogen-bond donors (Lipinski definition) is 1. The topological polar surface area (TPSA) is 59.4 Å². The molecule has 1 aliphatic rings. The van der Waals surface area contributed by atoms with E-state index in [0.717, 1.165) is 42.3 Å². The summed E-state index contributed by atoms with van der Waals surface area (Å²) >= 11 is 0. The summed E-state index contributed by atoms with van der Waals surface area (Å²) in [5, 5.41) is 7.60. The van der Waals surface area contributed by atoms with E-state index in [1.807, 2.05) is 48.9 Å². The van der Waals surface area contributed by atoms with Gasteiger partial charge >= 0.3 is 0 Å². The molecule has 2 heterocycles. The van der Waals surface area contributed by atoms with Crippen molar-refractivity contribution < 1.29 is 9.53 Å². The third-order valence-corrected chi connectivity index (χ3v) is 4.65. The Morgan fingerprint density at radius 3 is 2.80 bits per heavy atom. The lowest BCUT2D eigenvalue weighted by atomic mass is 10.1. The first-order chi connectivity index (χ1) is 12.0. The molecule has 3 rings (SSSR count). The summed E-state index contributed by atoms with van der Waals surface area (Å²) in [6.45, 7) is 7.03. The quantitative estimate of drug-likeness (QED) is 0.894. The number of carbonyl (C=O) groups is 1. The van der Waals surface area contributed by atoms with Crippen LogP contribution in [0.5, 0.6) is 0 Å². The number of hydrogen-bond acceptors (Lipinski definition) is 4. The van der Waals surface area contributed by atoms with Gasteiger partial charge in [-0.15, -0.1) is 0 Å². The van der Waals surface area contributed by atoms with Crippen LogP contribution in [-0.2, 0) is 16.0 Å². The molecule has 0 radical (unpaired) electrons. The molecule has 0 bridgehead atoms. The molecule has 0 aliphatic carbocycles. The summed E-state index contributed by atoms with van der Waals surface area (Å²) in [4.78, 5) is 14.6. The van der Waals surface area contributed by atoms with Gasteiger partial charge in [-0.05, 0) is 33.0 Å². The van der Waals surface area contributed by atoms with Crippen molar-refractivity contribution in [2.24, 2.45) is 0 Å². The van der Waals surface area contributed by atoms with Crippen LogP contribution in [0.15, 0.2) is 30.3 Å². The van der Waals surface area contributed by atoms with Gasteiger partial charge in [-0.25, -0.2) is 4.68 Å². The SMILES string of the molecule is Cc1nn(-c2ccccc2)c(C)c1CC(=O)NC[C@H]1CN(C)CCO1. The molecule has 1 N–H and O–H groups in total. The molecule has 1 atom stereocenters. The number of aryl methyl sites for hydroxylation is 1. The third kappa shape index (κ3) is 4.27. The Hall–Kier alpha value is -2.18. The van der Waals surface area contributed by atoms with Gasteiger partial charge in [0, 0.05) is 30.9 Å². The lowest BCUT2D eigenvalue weighted by Gasteiger charge is -2.30. The van der Waals surface area contributed by atoms with E-state index in [4.69, 9.17) is 4.74 Å². The summed E-state index contributed by atoms with van der Waals surface area (Å²) in [7, 11) is 2.07. The van der Waals surface area contributed by atoms with E-state index < -0.39 is 0 Å². The molecule has 1 fully saturated rings. The van der Waals surface area contributed by atoms with Gasteiger partial charge in [0.25, 0.3) is 0 Å². The van der Waals surface area contributed by atoms with E-state index in [9.17, 15) is 4.79 Å². The maximum Gasteiger partial charge on any atom is 0.224 e. The fraction of sp³-hybridized carbons (Fsp3) is 0.474. The number of likely N-dealkylation sites (N-methyl/N-ethyl adjacent to an activating group) is 1. The Morgan fingerprint density at radius 1 is 1.32 bits per heavy atom. The van der Waals surface area contributed by atoms with Crippen LogP contribution in [0.4, 0.5) is 0 Å². The van der Waals surface area contributed by atoms with Crippen molar-refractivity contribution in [2.75, 3.05) is 33.3 Å². The van der Waals surface area contributed by atoms with Crippen LogP contribution < -0.4 is 5.32 Å². The number of aromatic nitrogens is 2. The van der Waals surface area contributed by atoms with E-state index >= 15 is 0 Å². The number of benzene rings is 1. The average Bonchev–Trinajstić information content (AvgIpc) is 2.89. The van der Waals surface area contributed by atoms with Crippen molar-refractivity contribution in [1.29, 1.82) is 0 Å². The molecule has 6 nitrogen and oxygen atoms in total. The maximum absolute atomic E-state index is 12.4. The molecule has 0 saturated carbocycles. The molecule has 25 heavy (non-hydrogen) atoms. The Balaban J connectivity index is 1.62. The molecule has 1 saturated heterocycles. The molecule has 134 valence electrons. The summed E-state index contributed by atoms with van der Waals surface area (Å²) in [6, 6.07) is 9.98. The van der Waals surface area contributed by atoms with Crippen molar-refractivity contribution in [3.63, 3.8) is 0 Å². The van der Waals surface area contributed by atoms with Gasteiger partial charge < -0.3 is 15.0 Å². The van der Waals surface area contributed by atoms with Crippen LogP contribution >= 0.6 is 0 Å². The number of ether oxygens (including phenoxy) is 1. The summed E-state index contributed by atoms with van der Waals surface area (Å²) in [5.74, 6) is 0.00985. The van der Waals surface area contributed by atoms with Gasteiger partial charge in [-0.2, -0.15) is 5.10 Å². The van der Waals surface area contributed by atoms with Crippen LogP contribution in [0.3, 0.4) is 0 Å². The number of nitrogens with one attached hydrogen (secondary N) is 1. The number of rotatable bonds is 5. The average molecular weight is 342 g/mol. The summed E-state index contributed by atoms with van der Waals surface area (Å²) < 4.78 is 7.59. The Bertz CT molecular complexity index is 727. The van der Waals surface area contributed by atoms with Crippen molar-refractivity contribution in [3.05, 3.63) is 47.3 Å². The standard InChI is InChI=1S/C19H26N4O2/c1-14-18(15(2)23(21-14)16-7-5-4-6-8-16)11-19(24)20-12-17-13-22(3)9-10-25-17/h4-8,17H,9-13H2,1-3H3,(H,20,24)/t17-/m0/s1. The Labute approximate surface area is 148 Å². The molecular weight excluding hydrogens is 316 g/mol. The second kappa shape index (κ2) is 7.80. The van der Waals surface area contributed by atoms with E-state index in [0.29, 0.717) is 13.0 Å². The number of para-hydroxylation sites is 1. The van der Waals surface area contributed by atoms with Gasteiger partial charge in [0.15, 0.2) is 0 Å². The van der Waals surface area contributed by atoms with Gasteiger partial charge in [0.05, 0.1) is 30.5 Å². The van der Waals surface area contributed by atoms with E-state index in [1.165, 1.54) is 0 Å². The molecule has 1 aromatic heterocycles. The van der Waals surface area contributed by atoms with Gasteiger partial charge in [0.2, 0.25) is 5.91 Å². The van der Waals surface area contributed by atoms with Crippen molar-refractivity contribution in [2.45, 2.75) is 26.4 Å². The third-order valence-electron chi connectivity index (χ3n) is 4.65. The maximum atomic E-state index is 12.4. The van der Waals surface area contributed by atoms with Crippen molar-refractivity contribution >= 4 is 5.91 Å². The fourth-order valence-electron chi connectivity index (χ4n) is 3.19. The zero-order valence-electron chi connectivity index (χ0n) is 15.2. The van der Waals surface area contributed by atoms with Crippen LogP contribution in [0, 0.1) is 13.8 Å². The van der Waals surface area contributed by atoms with Crippen LogP contribution in [0.25, 0.3) is 5.69 Å². The Kier molecular flexibility index (Phi) is 5.50. The zero-order chi connectivity index (χ0) is 17.8. The highest BCUT2D eigenvalue weighted by molar-refractivity contribution is 5.79. The van der Waals surface area contributed by atoms with Gasteiger partial charge in [-0.1, -0.05) is 18.2 Å². The Morgan fingerprint density at radius 2 is 2.08 bits per heavy atom. The first-order valence-corrected chi connectivity index (χ1v) is 8.72. The fourth-order valence-corrected chi connectivity index (χ4v) is 3.19. The van der Waals surface area contributed by atoms with Crippen LogP contribution in [-0.4, -0.2) is 60.0 Å². The summed E-state index contributed by atoms with van der Waals surface area (Å²) in [5.41, 5.74) is 3.90. The highest BCUT2D eigenvalue weighted by Crippen LogP contribution is 2.18. The number of morpholine rings is 1. The molecule has 1 amide bonds. The predicted octanol–water partition coefficient (Wildman–Crippen LogP) is 1.48. The van der Waals surface area contributed by atoms with Crippen molar-refractivity contribution in [1.82, 2.24) is 20.0 Å². The monoisotopic (exact) mass is 342 g/mol. The largest absolute Gasteiger partial charge is 0.374 e. The molecule has 1 aromatic carbocycles. The highest BCUT2D eigenvalue weighted by atomic mass is 16.5. The molecule has 0 spiro atoms. The van der Waals surface area contributed by atoms with Crippen LogP contribution in [0.1, 0.15) is 17.0 Å². The number of carbonyl (C=O) groups excluding carboxylic acids is 1. The van der Waals surface area contributed by atoms with Crippen molar-refractivity contribution in [3.8, 4) is 5.69 Å². The molecular formula is C19H26N4O2. The first-order valence-electron chi connectivity index (χ1n) is 8.72.